The summed E-state index contributed by atoms with van der Waals surface area (Å²) < 4.78 is 27.3. The van der Waals surface area contributed by atoms with Crippen LogP contribution in [0.3, 0.4) is 0 Å². The normalized spacial score (nSPS) is 11.3. The molecule has 0 saturated carbocycles. The molecule has 0 bridgehead atoms. The summed E-state index contributed by atoms with van der Waals surface area (Å²) in [6.45, 7) is 1.61. The van der Waals surface area contributed by atoms with Crippen molar-refractivity contribution in [1.82, 2.24) is 4.31 Å². The third-order valence-corrected chi connectivity index (χ3v) is 5.19. The van der Waals surface area contributed by atoms with Crippen molar-refractivity contribution in [3.63, 3.8) is 0 Å². The number of hydrogen-bond donors (Lipinski definition) is 1. The SMILES string of the molecule is Cc1cccc(NC(=O)CN(c2ccccc2)S(=O)(=O)N(C)C)c1. The number of aryl methyl sites for hydroxylation is 1. The van der Waals surface area contributed by atoms with Crippen LogP contribution in [0.2, 0.25) is 0 Å². The first-order valence-electron chi connectivity index (χ1n) is 7.42. The van der Waals surface area contributed by atoms with Crippen molar-refractivity contribution in [2.24, 2.45) is 0 Å². The number of benzene rings is 2. The van der Waals surface area contributed by atoms with Gasteiger partial charge in [-0.3, -0.25) is 4.79 Å². The van der Waals surface area contributed by atoms with Crippen LogP contribution >= 0.6 is 0 Å². The van der Waals surface area contributed by atoms with Gasteiger partial charge in [-0.1, -0.05) is 30.3 Å². The van der Waals surface area contributed by atoms with E-state index in [9.17, 15) is 13.2 Å². The Balaban J connectivity index is 2.24. The average molecular weight is 347 g/mol. The minimum absolute atomic E-state index is 0.307. The Morgan fingerprint density at radius 3 is 2.29 bits per heavy atom. The number of anilines is 2. The Morgan fingerprint density at radius 2 is 1.71 bits per heavy atom. The molecule has 24 heavy (non-hydrogen) atoms. The lowest BCUT2D eigenvalue weighted by atomic mass is 10.2. The van der Waals surface area contributed by atoms with E-state index < -0.39 is 16.1 Å². The van der Waals surface area contributed by atoms with Crippen molar-refractivity contribution < 1.29 is 13.2 Å². The van der Waals surface area contributed by atoms with E-state index in [2.05, 4.69) is 5.32 Å². The van der Waals surface area contributed by atoms with Crippen LogP contribution < -0.4 is 9.62 Å². The molecule has 0 radical (unpaired) electrons. The predicted octanol–water partition coefficient (Wildman–Crippen LogP) is 2.25. The van der Waals surface area contributed by atoms with Gasteiger partial charge >= 0.3 is 10.2 Å². The summed E-state index contributed by atoms with van der Waals surface area (Å²) in [7, 11) is -0.913. The van der Waals surface area contributed by atoms with Gasteiger partial charge in [0.2, 0.25) is 5.91 Å². The summed E-state index contributed by atoms with van der Waals surface area (Å²) in [5, 5.41) is 2.73. The van der Waals surface area contributed by atoms with Gasteiger partial charge in [-0.05, 0) is 36.8 Å². The third kappa shape index (κ3) is 4.33. The largest absolute Gasteiger partial charge is 0.325 e. The van der Waals surface area contributed by atoms with Gasteiger partial charge in [0.1, 0.15) is 6.54 Å². The highest BCUT2D eigenvalue weighted by atomic mass is 32.2. The predicted molar refractivity (Wildman–Crippen MR) is 96.2 cm³/mol. The van der Waals surface area contributed by atoms with Crippen LogP contribution in [0.4, 0.5) is 11.4 Å². The second-order valence-electron chi connectivity index (χ2n) is 5.55. The van der Waals surface area contributed by atoms with Gasteiger partial charge in [-0.2, -0.15) is 12.7 Å². The highest BCUT2D eigenvalue weighted by molar-refractivity contribution is 7.90. The van der Waals surface area contributed by atoms with E-state index in [1.807, 2.05) is 25.1 Å². The summed E-state index contributed by atoms with van der Waals surface area (Å²) >= 11 is 0. The van der Waals surface area contributed by atoms with Gasteiger partial charge in [-0.15, -0.1) is 0 Å². The number of nitrogens with zero attached hydrogens (tertiary/aromatic N) is 2. The van der Waals surface area contributed by atoms with E-state index in [0.29, 0.717) is 11.4 Å². The van der Waals surface area contributed by atoms with Gasteiger partial charge in [0, 0.05) is 19.8 Å². The van der Waals surface area contributed by atoms with Crippen LogP contribution in [0.5, 0.6) is 0 Å². The molecule has 6 nitrogen and oxygen atoms in total. The van der Waals surface area contributed by atoms with E-state index in [4.69, 9.17) is 0 Å². The lowest BCUT2D eigenvalue weighted by Gasteiger charge is -2.26. The smallest absolute Gasteiger partial charge is 0.304 e. The molecular weight excluding hydrogens is 326 g/mol. The van der Waals surface area contributed by atoms with Crippen LogP contribution in [0.1, 0.15) is 5.56 Å². The molecule has 0 spiro atoms. The summed E-state index contributed by atoms with van der Waals surface area (Å²) in [6.07, 6.45) is 0. The van der Waals surface area contributed by atoms with Gasteiger partial charge in [0.15, 0.2) is 0 Å². The number of rotatable bonds is 6. The molecule has 128 valence electrons. The molecule has 7 heteroatoms. The van der Waals surface area contributed by atoms with Crippen molar-refractivity contribution in [2.45, 2.75) is 6.92 Å². The maximum Gasteiger partial charge on any atom is 0.304 e. The third-order valence-electron chi connectivity index (χ3n) is 3.37. The van der Waals surface area contributed by atoms with E-state index in [1.54, 1.807) is 36.4 Å². The zero-order valence-electron chi connectivity index (χ0n) is 13.9. The van der Waals surface area contributed by atoms with Crippen molar-refractivity contribution in [3.05, 3.63) is 60.2 Å². The fourth-order valence-corrected chi connectivity index (χ4v) is 3.21. The number of amides is 1. The number of carbonyl (C=O) groups excluding carboxylic acids is 1. The molecule has 0 unspecified atom stereocenters. The monoisotopic (exact) mass is 347 g/mol. The first-order chi connectivity index (χ1) is 11.3. The highest BCUT2D eigenvalue weighted by Gasteiger charge is 2.27. The van der Waals surface area contributed by atoms with Crippen LogP contribution in [0, 0.1) is 6.92 Å². The summed E-state index contributed by atoms with van der Waals surface area (Å²) in [5.41, 5.74) is 2.08. The Morgan fingerprint density at radius 1 is 1.04 bits per heavy atom. The quantitative estimate of drug-likeness (QED) is 0.871. The maximum absolute atomic E-state index is 12.5. The first-order valence-corrected chi connectivity index (χ1v) is 8.82. The lowest BCUT2D eigenvalue weighted by molar-refractivity contribution is -0.114. The highest BCUT2D eigenvalue weighted by Crippen LogP contribution is 2.19. The van der Waals surface area contributed by atoms with Crippen molar-refractivity contribution in [1.29, 1.82) is 0 Å². The van der Waals surface area contributed by atoms with Gasteiger partial charge in [-0.25, -0.2) is 4.31 Å². The van der Waals surface area contributed by atoms with E-state index in [-0.39, 0.29) is 6.54 Å². The number of carbonyl (C=O) groups is 1. The molecule has 0 aliphatic carbocycles. The second-order valence-corrected chi connectivity index (χ2v) is 7.62. The molecule has 0 saturated heterocycles. The van der Waals surface area contributed by atoms with Crippen molar-refractivity contribution in [2.75, 3.05) is 30.3 Å². The summed E-state index contributed by atoms with van der Waals surface area (Å²) in [4.78, 5) is 12.3. The Kier molecular flexibility index (Phi) is 5.58. The molecule has 1 N–H and O–H groups in total. The van der Waals surface area contributed by atoms with E-state index >= 15 is 0 Å². The Bertz CT molecular complexity index is 805. The van der Waals surface area contributed by atoms with Gasteiger partial charge < -0.3 is 5.32 Å². The minimum Gasteiger partial charge on any atom is -0.325 e. The minimum atomic E-state index is -3.78. The van der Waals surface area contributed by atoms with E-state index in [0.717, 1.165) is 14.2 Å². The summed E-state index contributed by atoms with van der Waals surface area (Å²) in [6, 6.07) is 15.9. The van der Waals surface area contributed by atoms with Gasteiger partial charge in [0.25, 0.3) is 0 Å². The van der Waals surface area contributed by atoms with Crippen LogP contribution in [0.15, 0.2) is 54.6 Å². The fraction of sp³-hybridized carbons (Fsp3) is 0.235. The summed E-state index contributed by atoms with van der Waals surface area (Å²) in [5.74, 6) is -0.408. The van der Waals surface area contributed by atoms with Crippen LogP contribution in [0.25, 0.3) is 0 Å². The molecule has 2 aromatic carbocycles. The maximum atomic E-state index is 12.5. The molecule has 2 aromatic rings. The first kappa shape index (κ1) is 18.0. The van der Waals surface area contributed by atoms with Crippen molar-refractivity contribution in [3.8, 4) is 0 Å². The molecule has 0 aromatic heterocycles. The average Bonchev–Trinajstić information content (AvgIpc) is 2.53. The molecule has 1 amide bonds. The Labute approximate surface area is 142 Å². The number of nitrogens with one attached hydrogen (secondary N) is 1. The zero-order valence-corrected chi connectivity index (χ0v) is 14.7. The standard InChI is InChI=1S/C17H21N3O3S/c1-14-8-7-9-15(12-14)18-17(21)13-20(24(22,23)19(2)3)16-10-5-4-6-11-16/h4-12H,13H2,1-3H3,(H,18,21). The molecule has 0 heterocycles. The fourth-order valence-electron chi connectivity index (χ4n) is 2.15. The topological polar surface area (TPSA) is 69.7 Å². The Hall–Kier alpha value is -2.38. The van der Waals surface area contributed by atoms with Crippen LogP contribution in [-0.2, 0) is 15.0 Å². The second kappa shape index (κ2) is 7.46. The molecule has 0 aliphatic rings. The molecule has 0 atom stereocenters. The van der Waals surface area contributed by atoms with Gasteiger partial charge in [0.05, 0.1) is 5.69 Å². The number of hydrogen-bond acceptors (Lipinski definition) is 3. The molecule has 0 aliphatic heterocycles. The van der Waals surface area contributed by atoms with Crippen LogP contribution in [-0.4, -0.2) is 39.3 Å². The lowest BCUT2D eigenvalue weighted by Crippen LogP contribution is -2.44. The molecule has 0 fully saturated rings. The molecular formula is C17H21N3O3S. The molecule has 2 rings (SSSR count). The zero-order chi connectivity index (χ0) is 17.7. The van der Waals surface area contributed by atoms with Crippen molar-refractivity contribution >= 4 is 27.5 Å². The van der Waals surface area contributed by atoms with E-state index in [1.165, 1.54) is 14.1 Å². The number of para-hydroxylation sites is 1.